The second-order valence-electron chi connectivity index (χ2n) is 4.97. The maximum absolute atomic E-state index is 5.90. The molecule has 1 fully saturated rings. The van der Waals surface area contributed by atoms with Crippen molar-refractivity contribution < 1.29 is 4.74 Å². The minimum atomic E-state index is 0.368. The fourth-order valence-electron chi connectivity index (χ4n) is 2.28. The molecule has 1 aliphatic rings. The summed E-state index contributed by atoms with van der Waals surface area (Å²) in [6, 6.07) is 1.15. The lowest BCUT2D eigenvalue weighted by Gasteiger charge is -2.39. The first-order chi connectivity index (χ1) is 7.69. The van der Waals surface area contributed by atoms with E-state index in [0.717, 1.165) is 32.7 Å². The molecule has 2 unspecified atom stereocenters. The molecular weight excluding hydrogens is 200 g/mol. The highest BCUT2D eigenvalue weighted by Gasteiger charge is 2.27. The molecule has 0 bridgehead atoms. The van der Waals surface area contributed by atoms with E-state index in [0.29, 0.717) is 18.2 Å². The van der Waals surface area contributed by atoms with Gasteiger partial charge in [0.2, 0.25) is 0 Å². The Kier molecular flexibility index (Phi) is 6.32. The van der Waals surface area contributed by atoms with Crippen molar-refractivity contribution in [2.75, 3.05) is 26.2 Å². The molecule has 1 heterocycles. The Hall–Kier alpha value is -0.120. The molecule has 0 spiro atoms. The SMILES string of the molecule is CCCNC(CC)C1CN(C(C)C)CCO1. The molecule has 3 nitrogen and oxygen atoms in total. The minimum absolute atomic E-state index is 0.368. The third kappa shape index (κ3) is 4.04. The third-order valence-corrected chi connectivity index (χ3v) is 3.40. The van der Waals surface area contributed by atoms with Gasteiger partial charge in [-0.2, -0.15) is 0 Å². The number of ether oxygens (including phenoxy) is 1. The van der Waals surface area contributed by atoms with Crippen molar-refractivity contribution in [1.82, 2.24) is 10.2 Å². The maximum Gasteiger partial charge on any atom is 0.0855 e. The van der Waals surface area contributed by atoms with Crippen LogP contribution in [0.25, 0.3) is 0 Å². The molecule has 1 rings (SSSR count). The average molecular weight is 228 g/mol. The fourth-order valence-corrected chi connectivity index (χ4v) is 2.28. The van der Waals surface area contributed by atoms with Gasteiger partial charge in [-0.1, -0.05) is 13.8 Å². The Morgan fingerprint density at radius 2 is 2.12 bits per heavy atom. The van der Waals surface area contributed by atoms with E-state index in [-0.39, 0.29) is 0 Å². The van der Waals surface area contributed by atoms with Crippen LogP contribution in [0.5, 0.6) is 0 Å². The van der Waals surface area contributed by atoms with Crippen molar-refractivity contribution in [2.24, 2.45) is 0 Å². The topological polar surface area (TPSA) is 24.5 Å². The molecule has 1 N–H and O–H groups in total. The highest BCUT2D eigenvalue weighted by molar-refractivity contribution is 4.83. The van der Waals surface area contributed by atoms with Crippen LogP contribution in [0.2, 0.25) is 0 Å². The van der Waals surface area contributed by atoms with Gasteiger partial charge in [0.25, 0.3) is 0 Å². The number of hydrogen-bond acceptors (Lipinski definition) is 3. The van der Waals surface area contributed by atoms with Crippen LogP contribution >= 0.6 is 0 Å². The van der Waals surface area contributed by atoms with Crippen LogP contribution in [0.3, 0.4) is 0 Å². The van der Waals surface area contributed by atoms with E-state index < -0.39 is 0 Å². The van der Waals surface area contributed by atoms with Gasteiger partial charge in [0.1, 0.15) is 0 Å². The van der Waals surface area contributed by atoms with Gasteiger partial charge in [0, 0.05) is 25.2 Å². The van der Waals surface area contributed by atoms with Gasteiger partial charge in [-0.25, -0.2) is 0 Å². The Labute approximate surface area is 101 Å². The van der Waals surface area contributed by atoms with Crippen molar-refractivity contribution >= 4 is 0 Å². The van der Waals surface area contributed by atoms with Crippen LogP contribution in [-0.2, 0) is 4.74 Å². The summed E-state index contributed by atoms with van der Waals surface area (Å²) in [7, 11) is 0. The van der Waals surface area contributed by atoms with E-state index >= 15 is 0 Å². The predicted molar refractivity (Wildman–Crippen MR) is 68.8 cm³/mol. The van der Waals surface area contributed by atoms with Crippen LogP contribution < -0.4 is 5.32 Å². The largest absolute Gasteiger partial charge is 0.374 e. The molecule has 0 aliphatic carbocycles. The summed E-state index contributed by atoms with van der Waals surface area (Å²) < 4.78 is 5.90. The normalized spacial score (nSPS) is 24.9. The fraction of sp³-hybridized carbons (Fsp3) is 1.00. The molecule has 0 amide bonds. The van der Waals surface area contributed by atoms with Gasteiger partial charge >= 0.3 is 0 Å². The Balaban J connectivity index is 2.43. The van der Waals surface area contributed by atoms with Crippen LogP contribution in [0.4, 0.5) is 0 Å². The van der Waals surface area contributed by atoms with E-state index in [4.69, 9.17) is 4.74 Å². The monoisotopic (exact) mass is 228 g/mol. The molecule has 16 heavy (non-hydrogen) atoms. The second kappa shape index (κ2) is 7.25. The molecule has 0 saturated carbocycles. The zero-order valence-corrected chi connectivity index (χ0v) is 11.3. The van der Waals surface area contributed by atoms with E-state index in [2.05, 4.69) is 37.9 Å². The quantitative estimate of drug-likeness (QED) is 0.751. The Morgan fingerprint density at radius 3 is 2.69 bits per heavy atom. The summed E-state index contributed by atoms with van der Waals surface area (Å²) in [4.78, 5) is 2.52. The lowest BCUT2D eigenvalue weighted by atomic mass is 10.1. The summed E-state index contributed by atoms with van der Waals surface area (Å²) in [6.45, 7) is 13.1. The lowest BCUT2D eigenvalue weighted by molar-refractivity contribution is -0.0557. The average Bonchev–Trinajstić information content (AvgIpc) is 2.30. The van der Waals surface area contributed by atoms with Crippen LogP contribution in [0.1, 0.15) is 40.5 Å². The zero-order chi connectivity index (χ0) is 12.0. The van der Waals surface area contributed by atoms with Gasteiger partial charge in [0.15, 0.2) is 0 Å². The number of nitrogens with zero attached hydrogens (tertiary/aromatic N) is 1. The summed E-state index contributed by atoms with van der Waals surface area (Å²) in [5.74, 6) is 0. The number of rotatable bonds is 6. The van der Waals surface area contributed by atoms with Gasteiger partial charge < -0.3 is 10.1 Å². The highest BCUT2D eigenvalue weighted by Crippen LogP contribution is 2.13. The predicted octanol–water partition coefficient (Wildman–Crippen LogP) is 1.87. The molecule has 0 aromatic heterocycles. The molecule has 96 valence electrons. The third-order valence-electron chi connectivity index (χ3n) is 3.40. The van der Waals surface area contributed by atoms with Crippen molar-refractivity contribution in [3.8, 4) is 0 Å². The van der Waals surface area contributed by atoms with E-state index in [1.807, 2.05) is 0 Å². The van der Waals surface area contributed by atoms with Crippen LogP contribution in [0, 0.1) is 0 Å². The first kappa shape index (κ1) is 13.9. The molecular formula is C13H28N2O. The molecule has 0 aromatic rings. The standard InChI is InChI=1S/C13H28N2O/c1-5-7-14-12(6-2)13-10-15(11(3)4)8-9-16-13/h11-14H,5-10H2,1-4H3. The van der Waals surface area contributed by atoms with Gasteiger partial charge in [-0.05, 0) is 33.2 Å². The minimum Gasteiger partial charge on any atom is -0.374 e. The van der Waals surface area contributed by atoms with Crippen molar-refractivity contribution in [1.29, 1.82) is 0 Å². The lowest BCUT2D eigenvalue weighted by Crippen LogP contribution is -2.53. The molecule has 2 atom stereocenters. The maximum atomic E-state index is 5.90. The van der Waals surface area contributed by atoms with Crippen LogP contribution in [0.15, 0.2) is 0 Å². The summed E-state index contributed by atoms with van der Waals surface area (Å²) in [5.41, 5.74) is 0. The van der Waals surface area contributed by atoms with Crippen molar-refractivity contribution in [3.05, 3.63) is 0 Å². The summed E-state index contributed by atoms with van der Waals surface area (Å²) >= 11 is 0. The smallest absolute Gasteiger partial charge is 0.0855 e. The Morgan fingerprint density at radius 1 is 1.38 bits per heavy atom. The number of morpholine rings is 1. The summed E-state index contributed by atoms with van der Waals surface area (Å²) in [5, 5.41) is 3.60. The zero-order valence-electron chi connectivity index (χ0n) is 11.3. The second-order valence-corrected chi connectivity index (χ2v) is 4.97. The highest BCUT2D eigenvalue weighted by atomic mass is 16.5. The molecule has 1 aliphatic heterocycles. The van der Waals surface area contributed by atoms with Crippen molar-refractivity contribution in [3.63, 3.8) is 0 Å². The van der Waals surface area contributed by atoms with E-state index in [9.17, 15) is 0 Å². The van der Waals surface area contributed by atoms with E-state index in [1.165, 1.54) is 6.42 Å². The molecule has 0 radical (unpaired) electrons. The van der Waals surface area contributed by atoms with Gasteiger partial charge in [0.05, 0.1) is 12.7 Å². The number of hydrogen-bond donors (Lipinski definition) is 1. The van der Waals surface area contributed by atoms with Gasteiger partial charge in [-0.3, -0.25) is 4.90 Å². The molecule has 1 saturated heterocycles. The molecule has 0 aromatic carbocycles. The molecule has 3 heteroatoms. The van der Waals surface area contributed by atoms with Gasteiger partial charge in [-0.15, -0.1) is 0 Å². The Bertz CT molecular complexity index is 185. The van der Waals surface area contributed by atoms with Crippen LogP contribution in [-0.4, -0.2) is 49.3 Å². The van der Waals surface area contributed by atoms with Crippen molar-refractivity contribution in [2.45, 2.75) is 58.7 Å². The summed E-state index contributed by atoms with van der Waals surface area (Å²) in [6.07, 6.45) is 2.71. The first-order valence-electron chi connectivity index (χ1n) is 6.78. The number of nitrogens with one attached hydrogen (secondary N) is 1. The first-order valence-corrected chi connectivity index (χ1v) is 6.78. The van der Waals surface area contributed by atoms with E-state index in [1.54, 1.807) is 0 Å².